The van der Waals surface area contributed by atoms with Gasteiger partial charge in [-0.1, -0.05) is 56.2 Å². The number of hydrogen-bond donors (Lipinski definition) is 1. The molecule has 0 spiro atoms. The Morgan fingerprint density at radius 1 is 1.00 bits per heavy atom. The molecule has 2 nitrogen and oxygen atoms in total. The molecule has 0 radical (unpaired) electrons. The number of hydrogen-bond acceptors (Lipinski definition) is 1. The second kappa shape index (κ2) is 7.47. The van der Waals surface area contributed by atoms with Gasteiger partial charge in [0.05, 0.1) is 0 Å². The second-order valence-corrected chi connectivity index (χ2v) is 12.7. The van der Waals surface area contributed by atoms with Gasteiger partial charge in [0.2, 0.25) is 0 Å². The third kappa shape index (κ3) is 3.30. The second-order valence-electron chi connectivity index (χ2n) is 11.1. The zero-order valence-electron chi connectivity index (χ0n) is 17.6. The smallest absolute Gasteiger partial charge is 0.316 e. The van der Waals surface area contributed by atoms with Crippen molar-refractivity contribution >= 4 is 28.6 Å². The molecule has 4 saturated carbocycles. The van der Waals surface area contributed by atoms with E-state index in [1.54, 1.807) is 0 Å². The first-order chi connectivity index (χ1) is 12.8. The summed E-state index contributed by atoms with van der Waals surface area (Å²) in [6, 6.07) is 0. The van der Waals surface area contributed by atoms with Crippen LogP contribution in [0, 0.1) is 46.3 Å². The number of rotatable bonds is 4. The molecule has 9 atom stereocenters. The van der Waals surface area contributed by atoms with Crippen LogP contribution >= 0.6 is 22.6 Å². The lowest BCUT2D eigenvalue weighted by Crippen LogP contribution is -2.53. The lowest BCUT2D eigenvalue weighted by molar-refractivity contribution is -0.136. The molecular formula is C24H39IO2. The molecule has 0 heterocycles. The van der Waals surface area contributed by atoms with Gasteiger partial charge < -0.3 is 5.11 Å². The molecule has 3 heteroatoms. The lowest BCUT2D eigenvalue weighted by atomic mass is 9.44. The Hall–Kier alpha value is 0.200. The fourth-order valence-corrected chi connectivity index (χ4v) is 9.66. The van der Waals surface area contributed by atoms with E-state index in [1.807, 2.05) is 0 Å². The molecule has 0 aromatic carbocycles. The van der Waals surface area contributed by atoms with E-state index in [9.17, 15) is 9.90 Å². The minimum absolute atomic E-state index is 0.229. The van der Waals surface area contributed by atoms with Gasteiger partial charge in [-0.15, -0.1) is 0 Å². The van der Waals surface area contributed by atoms with E-state index in [0.717, 1.165) is 36.0 Å². The Morgan fingerprint density at radius 3 is 2.48 bits per heavy atom. The monoisotopic (exact) mass is 486 g/mol. The van der Waals surface area contributed by atoms with Crippen molar-refractivity contribution in [2.24, 2.45) is 46.3 Å². The zero-order valence-corrected chi connectivity index (χ0v) is 19.7. The van der Waals surface area contributed by atoms with Gasteiger partial charge in [-0.05, 0) is 104 Å². The van der Waals surface area contributed by atoms with E-state index >= 15 is 0 Å². The standard InChI is InChI=1S/C24H39IO2/c1-15(14-21(25)22(26)27)18-9-10-19-17-8-7-16-6-4-5-12-23(16,2)20(17)11-13-24(18,19)3/h15-21H,4-14H2,1-3H3,(H,26,27)/t15-,16?,17+,18-,19+,20+,21?,23+,24-/m1/s1. The minimum atomic E-state index is -0.630. The van der Waals surface area contributed by atoms with Gasteiger partial charge in [-0.2, -0.15) is 0 Å². The van der Waals surface area contributed by atoms with Crippen molar-refractivity contribution in [3.63, 3.8) is 0 Å². The summed E-state index contributed by atoms with van der Waals surface area (Å²) >= 11 is 2.14. The van der Waals surface area contributed by atoms with Crippen LogP contribution in [0.1, 0.15) is 91.4 Å². The molecule has 2 unspecified atom stereocenters. The highest BCUT2D eigenvalue weighted by molar-refractivity contribution is 14.1. The number of carboxylic acid groups (broad SMARTS) is 1. The first-order valence-corrected chi connectivity index (χ1v) is 12.9. The van der Waals surface area contributed by atoms with Crippen LogP contribution in [0.4, 0.5) is 0 Å². The van der Waals surface area contributed by atoms with Gasteiger partial charge in [0.1, 0.15) is 3.92 Å². The molecule has 27 heavy (non-hydrogen) atoms. The van der Waals surface area contributed by atoms with Crippen molar-refractivity contribution in [2.45, 2.75) is 95.3 Å². The Labute approximate surface area is 179 Å². The van der Waals surface area contributed by atoms with Crippen LogP contribution in [0.2, 0.25) is 0 Å². The van der Waals surface area contributed by atoms with Crippen molar-refractivity contribution in [2.75, 3.05) is 0 Å². The Balaban J connectivity index is 1.52. The highest BCUT2D eigenvalue weighted by Crippen LogP contribution is 2.68. The lowest BCUT2D eigenvalue weighted by Gasteiger charge is -2.61. The van der Waals surface area contributed by atoms with Gasteiger partial charge >= 0.3 is 5.97 Å². The molecule has 0 aliphatic heterocycles. The Morgan fingerprint density at radius 2 is 1.74 bits per heavy atom. The summed E-state index contributed by atoms with van der Waals surface area (Å²) in [6.07, 6.45) is 15.3. The fraction of sp³-hybridized carbons (Fsp3) is 0.958. The third-order valence-electron chi connectivity index (χ3n) is 10.2. The van der Waals surface area contributed by atoms with Crippen LogP contribution in [-0.2, 0) is 4.79 Å². The van der Waals surface area contributed by atoms with Crippen molar-refractivity contribution < 1.29 is 9.90 Å². The van der Waals surface area contributed by atoms with Crippen LogP contribution in [0.3, 0.4) is 0 Å². The number of alkyl halides is 1. The summed E-state index contributed by atoms with van der Waals surface area (Å²) in [6.45, 7) is 7.61. The topological polar surface area (TPSA) is 37.3 Å². The van der Waals surface area contributed by atoms with E-state index in [0.29, 0.717) is 16.7 Å². The van der Waals surface area contributed by atoms with Crippen LogP contribution in [-0.4, -0.2) is 15.0 Å². The largest absolute Gasteiger partial charge is 0.480 e. The van der Waals surface area contributed by atoms with Crippen molar-refractivity contribution in [3.8, 4) is 0 Å². The van der Waals surface area contributed by atoms with Gasteiger partial charge in [0.15, 0.2) is 0 Å². The van der Waals surface area contributed by atoms with Crippen LogP contribution in [0.25, 0.3) is 0 Å². The number of carboxylic acids is 1. The quantitative estimate of drug-likeness (QED) is 0.345. The molecule has 154 valence electrons. The summed E-state index contributed by atoms with van der Waals surface area (Å²) in [4.78, 5) is 11.4. The molecule has 4 aliphatic rings. The van der Waals surface area contributed by atoms with E-state index in [2.05, 4.69) is 43.4 Å². The van der Waals surface area contributed by atoms with E-state index in [-0.39, 0.29) is 3.92 Å². The highest BCUT2D eigenvalue weighted by Gasteiger charge is 2.60. The van der Waals surface area contributed by atoms with Crippen LogP contribution < -0.4 is 0 Å². The average Bonchev–Trinajstić information content (AvgIpc) is 2.98. The molecule has 1 N–H and O–H groups in total. The van der Waals surface area contributed by atoms with Crippen molar-refractivity contribution in [3.05, 3.63) is 0 Å². The first kappa shape index (κ1) is 20.5. The van der Waals surface area contributed by atoms with Gasteiger partial charge in [0, 0.05) is 0 Å². The number of carbonyl (C=O) groups is 1. The number of aliphatic carboxylic acids is 1. The van der Waals surface area contributed by atoms with E-state index in [1.165, 1.54) is 64.2 Å². The minimum Gasteiger partial charge on any atom is -0.480 e. The Bertz CT molecular complexity index is 577. The maximum atomic E-state index is 11.4. The molecule has 0 aromatic rings. The molecule has 4 rings (SSSR count). The summed E-state index contributed by atoms with van der Waals surface area (Å²) < 4.78 is -0.229. The molecule has 4 aliphatic carbocycles. The van der Waals surface area contributed by atoms with Gasteiger partial charge in [-0.3, -0.25) is 4.79 Å². The number of halogens is 1. The molecular weight excluding hydrogens is 447 g/mol. The average molecular weight is 486 g/mol. The molecule has 0 amide bonds. The first-order valence-electron chi connectivity index (χ1n) is 11.6. The van der Waals surface area contributed by atoms with E-state index in [4.69, 9.17) is 0 Å². The van der Waals surface area contributed by atoms with E-state index < -0.39 is 5.97 Å². The summed E-state index contributed by atoms with van der Waals surface area (Å²) in [5.41, 5.74) is 1.09. The summed E-state index contributed by atoms with van der Waals surface area (Å²) in [5, 5.41) is 9.36. The van der Waals surface area contributed by atoms with Crippen LogP contribution in [0.5, 0.6) is 0 Å². The molecule has 0 aromatic heterocycles. The SMILES string of the molecule is C[C@H](CC(I)C(=O)O)[C@H]1CC[C@H]2[C@@H]3CCC4CCCC[C@]4(C)[C@H]3CC[C@]12C. The maximum absolute atomic E-state index is 11.4. The van der Waals surface area contributed by atoms with Crippen molar-refractivity contribution in [1.82, 2.24) is 0 Å². The fourth-order valence-electron chi connectivity index (χ4n) is 8.86. The Kier molecular flexibility index (Phi) is 5.66. The van der Waals surface area contributed by atoms with Crippen molar-refractivity contribution in [1.29, 1.82) is 0 Å². The van der Waals surface area contributed by atoms with Gasteiger partial charge in [0.25, 0.3) is 0 Å². The highest BCUT2D eigenvalue weighted by atomic mass is 127. The maximum Gasteiger partial charge on any atom is 0.316 e. The molecule has 0 saturated heterocycles. The van der Waals surface area contributed by atoms with Gasteiger partial charge in [-0.25, -0.2) is 0 Å². The zero-order chi connectivity index (χ0) is 19.4. The predicted molar refractivity (Wildman–Crippen MR) is 119 cm³/mol. The predicted octanol–water partition coefficient (Wildman–Crippen LogP) is 6.95. The number of fused-ring (bicyclic) bond motifs is 5. The molecule has 0 bridgehead atoms. The summed E-state index contributed by atoms with van der Waals surface area (Å²) in [7, 11) is 0. The molecule has 4 fully saturated rings. The third-order valence-corrected chi connectivity index (χ3v) is 11.2. The van der Waals surface area contributed by atoms with Crippen LogP contribution in [0.15, 0.2) is 0 Å². The normalized spacial score (nSPS) is 48.8. The summed E-state index contributed by atoms with van der Waals surface area (Å²) in [5.74, 6) is 4.47.